The lowest BCUT2D eigenvalue weighted by atomic mass is 10.0. The summed E-state index contributed by atoms with van der Waals surface area (Å²) < 4.78 is 0. The van der Waals surface area contributed by atoms with Crippen molar-refractivity contribution in [3.63, 3.8) is 0 Å². The van der Waals surface area contributed by atoms with Crippen LogP contribution in [0.25, 0.3) is 0 Å². The standard InChI is InChI=1S/C19H41P/c1-3-4-5-6-7-8-9-10-11-12-13-14-15-16-17-18-19-20-2/h20H,3-19H2,1-2H3. The van der Waals surface area contributed by atoms with E-state index in [0.29, 0.717) is 0 Å². The Morgan fingerprint density at radius 3 is 1.05 bits per heavy atom. The lowest BCUT2D eigenvalue weighted by Crippen LogP contribution is -1.84. The monoisotopic (exact) mass is 300 g/mol. The fraction of sp³-hybridized carbons (Fsp3) is 1.00. The molecule has 0 heterocycles. The summed E-state index contributed by atoms with van der Waals surface area (Å²) in [5.41, 5.74) is 0. The van der Waals surface area contributed by atoms with Gasteiger partial charge in [-0.3, -0.25) is 0 Å². The molecule has 0 spiro atoms. The summed E-state index contributed by atoms with van der Waals surface area (Å²) in [5.74, 6) is 0. The normalized spacial score (nSPS) is 11.7. The van der Waals surface area contributed by atoms with E-state index < -0.39 is 0 Å². The van der Waals surface area contributed by atoms with Crippen molar-refractivity contribution in [1.82, 2.24) is 0 Å². The van der Waals surface area contributed by atoms with Crippen LogP contribution in [0.1, 0.15) is 110 Å². The first-order valence-corrected chi connectivity index (χ1v) is 11.3. The van der Waals surface area contributed by atoms with Gasteiger partial charge in [-0.05, 0) is 19.2 Å². The van der Waals surface area contributed by atoms with Crippen LogP contribution in [0, 0.1) is 0 Å². The molecule has 0 rings (SSSR count). The minimum atomic E-state index is 1.17. The van der Waals surface area contributed by atoms with Gasteiger partial charge in [0.1, 0.15) is 0 Å². The van der Waals surface area contributed by atoms with Crippen LogP contribution in [0.3, 0.4) is 0 Å². The lowest BCUT2D eigenvalue weighted by molar-refractivity contribution is 0.531. The highest BCUT2D eigenvalue weighted by Gasteiger charge is 1.94. The zero-order valence-electron chi connectivity index (χ0n) is 14.5. The quantitative estimate of drug-likeness (QED) is 0.192. The van der Waals surface area contributed by atoms with Crippen molar-refractivity contribution < 1.29 is 0 Å². The van der Waals surface area contributed by atoms with E-state index in [0.717, 1.165) is 0 Å². The van der Waals surface area contributed by atoms with Gasteiger partial charge in [0.25, 0.3) is 0 Å². The lowest BCUT2D eigenvalue weighted by Gasteiger charge is -2.03. The first-order valence-electron chi connectivity index (χ1n) is 9.56. The van der Waals surface area contributed by atoms with E-state index in [1.165, 1.54) is 117 Å². The molecule has 0 fully saturated rings. The van der Waals surface area contributed by atoms with Crippen molar-refractivity contribution in [3.8, 4) is 0 Å². The zero-order chi connectivity index (χ0) is 14.7. The van der Waals surface area contributed by atoms with Gasteiger partial charge in [0.05, 0.1) is 0 Å². The summed E-state index contributed by atoms with van der Waals surface area (Å²) >= 11 is 0. The first kappa shape index (κ1) is 20.4. The average Bonchev–Trinajstić information content (AvgIpc) is 2.47. The average molecular weight is 301 g/mol. The Labute approximate surface area is 131 Å². The second kappa shape index (κ2) is 19.4. The predicted octanol–water partition coefficient (Wildman–Crippen LogP) is 7.56. The topological polar surface area (TPSA) is 0 Å². The van der Waals surface area contributed by atoms with Gasteiger partial charge in [-0.25, -0.2) is 0 Å². The summed E-state index contributed by atoms with van der Waals surface area (Å²) in [7, 11) is 1.17. The molecule has 0 aromatic heterocycles. The molecule has 0 amide bonds. The molecule has 0 nitrogen and oxygen atoms in total. The van der Waals surface area contributed by atoms with Crippen molar-refractivity contribution >= 4 is 8.58 Å². The van der Waals surface area contributed by atoms with E-state index in [-0.39, 0.29) is 0 Å². The van der Waals surface area contributed by atoms with Crippen LogP contribution in [0.15, 0.2) is 0 Å². The maximum absolute atomic E-state index is 2.32. The molecule has 0 aromatic rings. The molecule has 0 aliphatic heterocycles. The summed E-state index contributed by atoms with van der Waals surface area (Å²) in [6.45, 7) is 4.62. The van der Waals surface area contributed by atoms with Crippen LogP contribution in [0.4, 0.5) is 0 Å². The summed E-state index contributed by atoms with van der Waals surface area (Å²) in [5, 5.41) is 0. The number of rotatable bonds is 17. The highest BCUT2D eigenvalue weighted by Crippen LogP contribution is 2.14. The Kier molecular flexibility index (Phi) is 19.8. The van der Waals surface area contributed by atoms with Gasteiger partial charge in [-0.2, -0.15) is 0 Å². The number of unbranched alkanes of at least 4 members (excludes halogenated alkanes) is 15. The maximum atomic E-state index is 2.32. The van der Waals surface area contributed by atoms with Crippen molar-refractivity contribution in [1.29, 1.82) is 0 Å². The molecule has 0 N–H and O–H groups in total. The SMILES string of the molecule is CCCCCCCCCCCCCCCCCCPC. The van der Waals surface area contributed by atoms with E-state index in [4.69, 9.17) is 0 Å². The molecule has 1 heteroatoms. The van der Waals surface area contributed by atoms with Crippen molar-refractivity contribution in [2.45, 2.75) is 110 Å². The largest absolute Gasteiger partial charge is 0.125 e. The van der Waals surface area contributed by atoms with Gasteiger partial charge in [0.2, 0.25) is 0 Å². The van der Waals surface area contributed by atoms with Crippen molar-refractivity contribution in [3.05, 3.63) is 0 Å². The third-order valence-electron chi connectivity index (χ3n) is 4.28. The molecule has 122 valence electrons. The summed E-state index contributed by atoms with van der Waals surface area (Å²) in [6.07, 6.45) is 25.1. The van der Waals surface area contributed by atoms with Gasteiger partial charge in [-0.1, -0.05) is 103 Å². The van der Waals surface area contributed by atoms with E-state index in [1.807, 2.05) is 0 Å². The molecule has 0 aromatic carbocycles. The van der Waals surface area contributed by atoms with Crippen molar-refractivity contribution in [2.24, 2.45) is 0 Å². The van der Waals surface area contributed by atoms with Gasteiger partial charge in [-0.15, -0.1) is 8.58 Å². The van der Waals surface area contributed by atoms with Crippen LogP contribution < -0.4 is 0 Å². The third-order valence-corrected chi connectivity index (χ3v) is 5.13. The molecule has 0 saturated heterocycles. The van der Waals surface area contributed by atoms with Crippen molar-refractivity contribution in [2.75, 3.05) is 12.8 Å². The Morgan fingerprint density at radius 1 is 0.450 bits per heavy atom. The third kappa shape index (κ3) is 18.4. The molecular weight excluding hydrogens is 259 g/mol. The smallest absolute Gasteiger partial charge is 0.0356 e. The molecule has 0 aliphatic rings. The predicted molar refractivity (Wildman–Crippen MR) is 98.7 cm³/mol. The van der Waals surface area contributed by atoms with Gasteiger partial charge in [0.15, 0.2) is 0 Å². The minimum absolute atomic E-state index is 1.17. The van der Waals surface area contributed by atoms with Crippen LogP contribution >= 0.6 is 8.58 Å². The van der Waals surface area contributed by atoms with Crippen LogP contribution in [0.2, 0.25) is 0 Å². The van der Waals surface area contributed by atoms with Gasteiger partial charge in [0, 0.05) is 0 Å². The van der Waals surface area contributed by atoms with E-state index in [9.17, 15) is 0 Å². The summed E-state index contributed by atoms with van der Waals surface area (Å²) in [6, 6.07) is 0. The minimum Gasteiger partial charge on any atom is -0.125 e. The Bertz CT molecular complexity index is 138. The Hall–Kier alpha value is 0.430. The second-order valence-electron chi connectivity index (χ2n) is 6.41. The van der Waals surface area contributed by atoms with Gasteiger partial charge < -0.3 is 0 Å². The molecule has 0 radical (unpaired) electrons. The molecule has 0 aliphatic carbocycles. The highest BCUT2D eigenvalue weighted by molar-refractivity contribution is 7.36. The number of hydrogen-bond acceptors (Lipinski definition) is 0. The molecule has 0 saturated carbocycles. The maximum Gasteiger partial charge on any atom is -0.0356 e. The van der Waals surface area contributed by atoms with E-state index >= 15 is 0 Å². The first-order chi connectivity index (χ1) is 9.91. The number of hydrogen-bond donors (Lipinski definition) is 0. The Balaban J connectivity index is 2.89. The van der Waals surface area contributed by atoms with E-state index in [2.05, 4.69) is 13.6 Å². The molecule has 20 heavy (non-hydrogen) atoms. The van der Waals surface area contributed by atoms with Crippen LogP contribution in [0.5, 0.6) is 0 Å². The van der Waals surface area contributed by atoms with Gasteiger partial charge >= 0.3 is 0 Å². The second-order valence-corrected chi connectivity index (χ2v) is 7.61. The zero-order valence-corrected chi connectivity index (χ0v) is 15.5. The molecule has 1 unspecified atom stereocenters. The molecule has 0 bridgehead atoms. The van der Waals surface area contributed by atoms with E-state index in [1.54, 1.807) is 0 Å². The molecular formula is C19H41P. The summed E-state index contributed by atoms with van der Waals surface area (Å²) in [4.78, 5) is 0. The fourth-order valence-corrected chi connectivity index (χ4v) is 3.45. The Morgan fingerprint density at radius 2 is 0.750 bits per heavy atom. The fourth-order valence-electron chi connectivity index (χ4n) is 2.85. The highest BCUT2D eigenvalue weighted by atomic mass is 31.1. The van der Waals surface area contributed by atoms with Crippen LogP contribution in [-0.2, 0) is 0 Å². The van der Waals surface area contributed by atoms with Crippen LogP contribution in [-0.4, -0.2) is 12.8 Å². The molecule has 1 atom stereocenters.